The van der Waals surface area contributed by atoms with Crippen LogP contribution in [-0.2, 0) is 6.54 Å². The Balaban J connectivity index is 1.98. The number of anilines is 1. The molecule has 0 amide bonds. The topological polar surface area (TPSA) is 37.6 Å². The molecule has 3 aromatic heterocycles. The average Bonchev–Trinajstić information content (AvgIpc) is 3.01. The summed E-state index contributed by atoms with van der Waals surface area (Å²) >= 11 is 7.47. The smallest absolute Gasteiger partial charge is 0.170 e. The summed E-state index contributed by atoms with van der Waals surface area (Å²) in [5.41, 5.74) is 1.33. The molecule has 0 aliphatic carbocycles. The Kier molecular flexibility index (Phi) is 3.46. The van der Waals surface area contributed by atoms with Crippen LogP contribution in [0.15, 0.2) is 36.5 Å². The van der Waals surface area contributed by atoms with E-state index in [4.69, 9.17) is 11.6 Å². The molecule has 102 valence electrons. The maximum absolute atomic E-state index is 11.4. The second-order valence-corrected chi connectivity index (χ2v) is 6.23. The van der Waals surface area contributed by atoms with Crippen molar-refractivity contribution in [3.05, 3.63) is 51.4 Å². The van der Waals surface area contributed by atoms with E-state index in [1.54, 1.807) is 4.40 Å². The fraction of sp³-hybridized carbons (Fsp3) is 0.143. The van der Waals surface area contributed by atoms with Crippen molar-refractivity contribution >= 4 is 40.7 Å². The number of hydrogen-bond acceptors (Lipinski definition) is 4. The van der Waals surface area contributed by atoms with Crippen LogP contribution in [0.4, 0.5) is 5.82 Å². The van der Waals surface area contributed by atoms with Gasteiger partial charge in [-0.25, -0.2) is 4.98 Å². The molecule has 0 aromatic carbocycles. The van der Waals surface area contributed by atoms with E-state index < -0.39 is 0 Å². The Bertz CT molecular complexity index is 765. The number of pyridine rings is 1. The fourth-order valence-corrected chi connectivity index (χ4v) is 3.28. The van der Waals surface area contributed by atoms with E-state index in [0.717, 1.165) is 21.1 Å². The van der Waals surface area contributed by atoms with Crippen molar-refractivity contribution in [2.75, 3.05) is 11.9 Å². The minimum absolute atomic E-state index is 0.561. The standard InChI is InChI=1S/C14H12ClN3OS/c1-17(8-10-5-6-12(15)20-10)14-11(9-19)18-7-3-2-4-13(18)16-14/h2-7,9H,8H2,1H3. The van der Waals surface area contributed by atoms with Gasteiger partial charge in [-0.05, 0) is 24.3 Å². The number of halogens is 1. The van der Waals surface area contributed by atoms with Gasteiger partial charge in [0.2, 0.25) is 0 Å². The molecule has 0 saturated carbocycles. The van der Waals surface area contributed by atoms with Gasteiger partial charge in [0.1, 0.15) is 11.3 Å². The molecule has 0 saturated heterocycles. The number of rotatable bonds is 4. The van der Waals surface area contributed by atoms with Crippen molar-refractivity contribution in [2.45, 2.75) is 6.54 Å². The minimum atomic E-state index is 0.561. The van der Waals surface area contributed by atoms with E-state index >= 15 is 0 Å². The van der Waals surface area contributed by atoms with Crippen LogP contribution in [0.1, 0.15) is 15.4 Å². The molecule has 4 nitrogen and oxygen atoms in total. The Morgan fingerprint density at radius 2 is 2.25 bits per heavy atom. The number of hydrogen-bond donors (Lipinski definition) is 0. The first kappa shape index (κ1) is 13.1. The van der Waals surface area contributed by atoms with Gasteiger partial charge in [0.05, 0.1) is 10.9 Å². The third kappa shape index (κ3) is 2.30. The molecule has 0 bridgehead atoms. The van der Waals surface area contributed by atoms with E-state index in [1.807, 2.05) is 48.5 Å². The molecular weight excluding hydrogens is 294 g/mol. The zero-order valence-electron chi connectivity index (χ0n) is 10.8. The predicted molar refractivity (Wildman–Crippen MR) is 82.0 cm³/mol. The number of aromatic nitrogens is 2. The summed E-state index contributed by atoms with van der Waals surface area (Å²) in [6.45, 7) is 0.669. The highest BCUT2D eigenvalue weighted by atomic mass is 35.5. The molecule has 0 aliphatic heterocycles. The van der Waals surface area contributed by atoms with E-state index in [1.165, 1.54) is 11.3 Å². The van der Waals surface area contributed by atoms with Gasteiger partial charge in [-0.1, -0.05) is 17.7 Å². The van der Waals surface area contributed by atoms with Gasteiger partial charge < -0.3 is 4.90 Å². The molecule has 3 rings (SSSR count). The Morgan fingerprint density at radius 3 is 2.95 bits per heavy atom. The lowest BCUT2D eigenvalue weighted by Crippen LogP contribution is -2.17. The Morgan fingerprint density at radius 1 is 1.40 bits per heavy atom. The zero-order valence-corrected chi connectivity index (χ0v) is 12.4. The molecule has 3 heterocycles. The van der Waals surface area contributed by atoms with Crippen molar-refractivity contribution in [1.82, 2.24) is 9.38 Å². The lowest BCUT2D eigenvalue weighted by Gasteiger charge is -2.15. The molecule has 20 heavy (non-hydrogen) atoms. The number of fused-ring (bicyclic) bond motifs is 1. The lowest BCUT2D eigenvalue weighted by atomic mass is 10.4. The summed E-state index contributed by atoms with van der Waals surface area (Å²) in [7, 11) is 1.92. The highest BCUT2D eigenvalue weighted by Gasteiger charge is 2.15. The highest BCUT2D eigenvalue weighted by Crippen LogP contribution is 2.25. The SMILES string of the molecule is CN(Cc1ccc(Cl)s1)c1nc2ccccn2c1C=O. The van der Waals surface area contributed by atoms with Crippen LogP contribution in [0.5, 0.6) is 0 Å². The van der Waals surface area contributed by atoms with E-state index in [0.29, 0.717) is 18.1 Å². The average molecular weight is 306 g/mol. The van der Waals surface area contributed by atoms with Crippen LogP contribution >= 0.6 is 22.9 Å². The summed E-state index contributed by atoms with van der Waals surface area (Å²) in [4.78, 5) is 19.0. The predicted octanol–water partition coefficient (Wildman–Crippen LogP) is 3.50. The zero-order chi connectivity index (χ0) is 14.1. The quantitative estimate of drug-likeness (QED) is 0.692. The van der Waals surface area contributed by atoms with E-state index in [-0.39, 0.29) is 0 Å². The van der Waals surface area contributed by atoms with Gasteiger partial charge in [0, 0.05) is 18.1 Å². The number of carbonyl (C=O) groups excluding carboxylic acids is 1. The van der Waals surface area contributed by atoms with Crippen LogP contribution < -0.4 is 4.90 Å². The summed E-state index contributed by atoms with van der Waals surface area (Å²) in [5.74, 6) is 0.677. The molecule has 0 fully saturated rings. The first-order valence-electron chi connectivity index (χ1n) is 6.06. The fourth-order valence-electron chi connectivity index (χ4n) is 2.14. The number of nitrogens with zero attached hydrogens (tertiary/aromatic N) is 3. The molecule has 6 heteroatoms. The minimum Gasteiger partial charge on any atom is -0.353 e. The van der Waals surface area contributed by atoms with Crippen LogP contribution in [0.3, 0.4) is 0 Å². The monoisotopic (exact) mass is 305 g/mol. The second-order valence-electron chi connectivity index (χ2n) is 4.43. The van der Waals surface area contributed by atoms with Crippen LogP contribution in [-0.4, -0.2) is 22.7 Å². The Hall–Kier alpha value is -1.85. The van der Waals surface area contributed by atoms with Gasteiger partial charge in [0.25, 0.3) is 0 Å². The number of imidazole rings is 1. The van der Waals surface area contributed by atoms with Gasteiger partial charge in [0.15, 0.2) is 12.1 Å². The van der Waals surface area contributed by atoms with E-state index in [9.17, 15) is 4.79 Å². The first-order valence-corrected chi connectivity index (χ1v) is 7.26. The molecule has 0 atom stereocenters. The van der Waals surface area contributed by atoms with Crippen LogP contribution in [0, 0.1) is 0 Å². The molecule has 0 spiro atoms. The lowest BCUT2D eigenvalue weighted by molar-refractivity contribution is 0.111. The van der Waals surface area contributed by atoms with Crippen molar-refractivity contribution in [2.24, 2.45) is 0 Å². The largest absolute Gasteiger partial charge is 0.353 e. The third-order valence-corrected chi connectivity index (χ3v) is 4.26. The molecule has 0 unspecified atom stereocenters. The molecular formula is C14H12ClN3OS. The molecule has 0 N–H and O–H groups in total. The van der Waals surface area contributed by atoms with Crippen LogP contribution in [0.2, 0.25) is 4.34 Å². The summed E-state index contributed by atoms with van der Waals surface area (Å²) in [6, 6.07) is 9.52. The number of thiophene rings is 1. The summed E-state index contributed by atoms with van der Waals surface area (Å²) in [5, 5.41) is 0. The van der Waals surface area contributed by atoms with Crippen molar-refractivity contribution in [1.29, 1.82) is 0 Å². The second kappa shape index (κ2) is 5.26. The normalized spacial score (nSPS) is 10.9. The maximum atomic E-state index is 11.4. The van der Waals surface area contributed by atoms with E-state index in [2.05, 4.69) is 4.98 Å². The van der Waals surface area contributed by atoms with Gasteiger partial charge >= 0.3 is 0 Å². The maximum Gasteiger partial charge on any atom is 0.170 e. The van der Waals surface area contributed by atoms with Crippen molar-refractivity contribution in [3.63, 3.8) is 0 Å². The molecule has 0 aliphatic rings. The molecule has 3 aromatic rings. The first-order chi connectivity index (χ1) is 9.69. The highest BCUT2D eigenvalue weighted by molar-refractivity contribution is 7.16. The van der Waals surface area contributed by atoms with Crippen LogP contribution in [0.25, 0.3) is 5.65 Å². The van der Waals surface area contributed by atoms with Gasteiger partial charge in [-0.2, -0.15) is 0 Å². The summed E-state index contributed by atoms with van der Waals surface area (Å²) in [6.07, 6.45) is 2.68. The van der Waals surface area contributed by atoms with Crippen molar-refractivity contribution in [3.8, 4) is 0 Å². The van der Waals surface area contributed by atoms with Gasteiger partial charge in [-0.3, -0.25) is 9.20 Å². The summed E-state index contributed by atoms with van der Waals surface area (Å²) < 4.78 is 2.55. The Labute approximate surface area is 125 Å². The number of aldehydes is 1. The molecule has 0 radical (unpaired) electrons. The third-order valence-electron chi connectivity index (χ3n) is 3.04. The van der Waals surface area contributed by atoms with Gasteiger partial charge in [-0.15, -0.1) is 11.3 Å². The van der Waals surface area contributed by atoms with Crippen molar-refractivity contribution < 1.29 is 4.79 Å². The number of carbonyl (C=O) groups is 1.